The van der Waals surface area contributed by atoms with Gasteiger partial charge in [0.1, 0.15) is 0 Å². The van der Waals surface area contributed by atoms with E-state index in [-0.39, 0.29) is 12.4 Å². The van der Waals surface area contributed by atoms with Crippen LogP contribution in [0.15, 0.2) is 0 Å². The molecule has 0 aromatic carbocycles. The predicted octanol–water partition coefficient (Wildman–Crippen LogP) is 1.58. The van der Waals surface area contributed by atoms with Crippen LogP contribution in [0, 0.1) is 5.41 Å². The third kappa shape index (κ3) is 2.25. The second kappa shape index (κ2) is 4.44. The SMILES string of the molecule is CCC[C@]1(CCC(=O)O)CCOC1=O. The number of aliphatic carboxylic acids is 1. The van der Waals surface area contributed by atoms with Gasteiger partial charge >= 0.3 is 11.9 Å². The van der Waals surface area contributed by atoms with E-state index in [1.54, 1.807) is 0 Å². The maximum Gasteiger partial charge on any atom is 0.312 e. The summed E-state index contributed by atoms with van der Waals surface area (Å²) < 4.78 is 4.92. The third-order valence-corrected chi connectivity index (χ3v) is 2.79. The number of ether oxygens (including phenoxy) is 1. The van der Waals surface area contributed by atoms with E-state index in [2.05, 4.69) is 0 Å². The van der Waals surface area contributed by atoms with E-state index in [1.165, 1.54) is 0 Å². The molecule has 0 aromatic rings. The van der Waals surface area contributed by atoms with Crippen LogP contribution in [0.4, 0.5) is 0 Å². The topological polar surface area (TPSA) is 63.6 Å². The lowest BCUT2D eigenvalue weighted by molar-refractivity contribution is -0.147. The molecule has 4 nitrogen and oxygen atoms in total. The minimum absolute atomic E-state index is 0.0507. The molecule has 1 aliphatic rings. The van der Waals surface area contributed by atoms with E-state index >= 15 is 0 Å². The van der Waals surface area contributed by atoms with Crippen LogP contribution in [-0.4, -0.2) is 23.7 Å². The van der Waals surface area contributed by atoms with Crippen LogP contribution in [0.3, 0.4) is 0 Å². The molecule has 0 aliphatic carbocycles. The van der Waals surface area contributed by atoms with Gasteiger partial charge in [0.2, 0.25) is 0 Å². The average molecular weight is 200 g/mol. The number of rotatable bonds is 5. The number of hydrogen-bond donors (Lipinski definition) is 1. The Bertz CT molecular complexity index is 236. The molecule has 1 N–H and O–H groups in total. The van der Waals surface area contributed by atoms with E-state index in [4.69, 9.17) is 9.84 Å². The molecule has 14 heavy (non-hydrogen) atoms. The number of carbonyl (C=O) groups excluding carboxylic acids is 1. The molecule has 1 rings (SSSR count). The van der Waals surface area contributed by atoms with Crippen molar-refractivity contribution >= 4 is 11.9 Å². The first-order chi connectivity index (χ1) is 6.60. The summed E-state index contributed by atoms with van der Waals surface area (Å²) in [6, 6.07) is 0. The molecule has 0 saturated carbocycles. The van der Waals surface area contributed by atoms with Crippen molar-refractivity contribution in [1.82, 2.24) is 0 Å². The van der Waals surface area contributed by atoms with Crippen molar-refractivity contribution in [3.63, 3.8) is 0 Å². The highest BCUT2D eigenvalue weighted by atomic mass is 16.5. The second-order valence-corrected chi connectivity index (χ2v) is 3.81. The lowest BCUT2D eigenvalue weighted by Gasteiger charge is -2.22. The van der Waals surface area contributed by atoms with Crippen molar-refractivity contribution in [2.45, 2.75) is 39.0 Å². The first kappa shape index (κ1) is 11.0. The van der Waals surface area contributed by atoms with Gasteiger partial charge in [0.05, 0.1) is 12.0 Å². The molecule has 0 aromatic heterocycles. The van der Waals surface area contributed by atoms with Crippen LogP contribution < -0.4 is 0 Å². The maximum atomic E-state index is 11.5. The molecule has 1 heterocycles. The Kier molecular flexibility index (Phi) is 3.49. The predicted molar refractivity (Wildman–Crippen MR) is 49.8 cm³/mol. The van der Waals surface area contributed by atoms with Gasteiger partial charge in [-0.15, -0.1) is 0 Å². The number of carboxylic acids is 1. The van der Waals surface area contributed by atoms with Crippen LogP contribution in [-0.2, 0) is 14.3 Å². The normalized spacial score (nSPS) is 26.2. The summed E-state index contributed by atoms with van der Waals surface area (Å²) in [5, 5.41) is 8.59. The van der Waals surface area contributed by atoms with Gasteiger partial charge in [0, 0.05) is 6.42 Å². The monoisotopic (exact) mass is 200 g/mol. The Hall–Kier alpha value is -1.06. The summed E-state index contributed by atoms with van der Waals surface area (Å²) in [6.45, 7) is 2.44. The highest BCUT2D eigenvalue weighted by Crippen LogP contribution is 2.39. The summed E-state index contributed by atoms with van der Waals surface area (Å²) >= 11 is 0. The highest BCUT2D eigenvalue weighted by molar-refractivity contribution is 5.79. The largest absolute Gasteiger partial charge is 0.481 e. The Labute approximate surface area is 83.2 Å². The molecule has 0 bridgehead atoms. The quantitative estimate of drug-likeness (QED) is 0.684. The molecule has 0 radical (unpaired) electrons. The Balaban J connectivity index is 2.61. The summed E-state index contributed by atoms with van der Waals surface area (Å²) in [6.07, 6.45) is 2.75. The van der Waals surface area contributed by atoms with Gasteiger partial charge < -0.3 is 9.84 Å². The van der Waals surface area contributed by atoms with Crippen molar-refractivity contribution in [3.05, 3.63) is 0 Å². The Morgan fingerprint density at radius 2 is 2.29 bits per heavy atom. The molecule has 0 amide bonds. The Morgan fingerprint density at radius 1 is 1.57 bits per heavy atom. The molecule has 0 spiro atoms. The smallest absolute Gasteiger partial charge is 0.312 e. The zero-order valence-electron chi connectivity index (χ0n) is 8.41. The third-order valence-electron chi connectivity index (χ3n) is 2.79. The van der Waals surface area contributed by atoms with Gasteiger partial charge in [-0.2, -0.15) is 0 Å². The molecule has 1 aliphatic heterocycles. The number of hydrogen-bond acceptors (Lipinski definition) is 3. The van der Waals surface area contributed by atoms with Crippen molar-refractivity contribution in [1.29, 1.82) is 0 Å². The van der Waals surface area contributed by atoms with Gasteiger partial charge in [0.15, 0.2) is 0 Å². The van der Waals surface area contributed by atoms with Crippen molar-refractivity contribution < 1.29 is 19.4 Å². The standard InChI is InChI=1S/C10H16O4/c1-2-4-10(5-3-8(11)12)6-7-14-9(10)13/h2-7H2,1H3,(H,11,12)/t10-/m0/s1. The maximum absolute atomic E-state index is 11.5. The van der Waals surface area contributed by atoms with E-state index in [0.717, 1.165) is 12.8 Å². The van der Waals surface area contributed by atoms with Crippen LogP contribution in [0.25, 0.3) is 0 Å². The minimum atomic E-state index is -0.847. The summed E-state index contributed by atoms with van der Waals surface area (Å²) in [4.78, 5) is 21.9. The van der Waals surface area contributed by atoms with Crippen LogP contribution in [0.5, 0.6) is 0 Å². The lowest BCUT2D eigenvalue weighted by atomic mass is 9.78. The number of carboxylic acid groups (broad SMARTS) is 1. The molecule has 1 atom stereocenters. The van der Waals surface area contributed by atoms with Crippen molar-refractivity contribution in [2.24, 2.45) is 5.41 Å². The van der Waals surface area contributed by atoms with Crippen LogP contribution in [0.1, 0.15) is 39.0 Å². The molecule has 1 fully saturated rings. The number of esters is 1. The lowest BCUT2D eigenvalue weighted by Crippen LogP contribution is -2.27. The second-order valence-electron chi connectivity index (χ2n) is 3.81. The molecule has 0 unspecified atom stereocenters. The van der Waals surface area contributed by atoms with E-state index in [0.29, 0.717) is 19.4 Å². The summed E-state index contributed by atoms with van der Waals surface area (Å²) in [7, 11) is 0. The van der Waals surface area contributed by atoms with Crippen molar-refractivity contribution in [2.75, 3.05) is 6.61 Å². The molecule has 80 valence electrons. The van der Waals surface area contributed by atoms with Gasteiger partial charge in [-0.1, -0.05) is 13.3 Å². The summed E-state index contributed by atoms with van der Waals surface area (Å²) in [5.41, 5.74) is -0.507. The van der Waals surface area contributed by atoms with Gasteiger partial charge in [-0.3, -0.25) is 9.59 Å². The number of carbonyl (C=O) groups is 2. The molecular weight excluding hydrogens is 184 g/mol. The van der Waals surface area contributed by atoms with Gasteiger partial charge in [-0.25, -0.2) is 0 Å². The minimum Gasteiger partial charge on any atom is -0.481 e. The van der Waals surface area contributed by atoms with E-state index in [1.807, 2.05) is 6.92 Å². The first-order valence-corrected chi connectivity index (χ1v) is 5.00. The zero-order chi connectivity index (χ0) is 10.6. The first-order valence-electron chi connectivity index (χ1n) is 5.00. The van der Waals surface area contributed by atoms with Crippen LogP contribution in [0.2, 0.25) is 0 Å². The fraction of sp³-hybridized carbons (Fsp3) is 0.800. The summed E-state index contributed by atoms with van der Waals surface area (Å²) in [5.74, 6) is -1.05. The average Bonchev–Trinajstić information content (AvgIpc) is 2.46. The zero-order valence-corrected chi connectivity index (χ0v) is 8.41. The van der Waals surface area contributed by atoms with Gasteiger partial charge in [0.25, 0.3) is 0 Å². The van der Waals surface area contributed by atoms with E-state index < -0.39 is 11.4 Å². The Morgan fingerprint density at radius 3 is 2.71 bits per heavy atom. The molecule has 1 saturated heterocycles. The fourth-order valence-electron chi connectivity index (χ4n) is 2.00. The molecule has 4 heteroatoms. The highest BCUT2D eigenvalue weighted by Gasteiger charge is 2.43. The van der Waals surface area contributed by atoms with Crippen LogP contribution >= 0.6 is 0 Å². The van der Waals surface area contributed by atoms with Gasteiger partial charge in [-0.05, 0) is 19.3 Å². The fourth-order valence-corrected chi connectivity index (χ4v) is 2.00. The van der Waals surface area contributed by atoms with Crippen molar-refractivity contribution in [3.8, 4) is 0 Å². The van der Waals surface area contributed by atoms with E-state index in [9.17, 15) is 9.59 Å². The number of cyclic esters (lactones) is 1. The molecular formula is C10H16O4.